The minimum atomic E-state index is 0. The predicted octanol–water partition coefficient (Wildman–Crippen LogP) is 8.95. The summed E-state index contributed by atoms with van der Waals surface area (Å²) < 4.78 is 14.3. The Morgan fingerprint density at radius 1 is 0.333 bits per heavy atom. The van der Waals surface area contributed by atoms with Crippen molar-refractivity contribution in [2.75, 3.05) is 78.8 Å². The summed E-state index contributed by atoms with van der Waals surface area (Å²) in [6.45, 7) is 19.1. The first kappa shape index (κ1) is 41.8. The van der Waals surface area contributed by atoms with Crippen molar-refractivity contribution in [2.24, 2.45) is 0 Å². The van der Waals surface area contributed by atoms with Crippen molar-refractivity contribution >= 4 is 0 Å². The van der Waals surface area contributed by atoms with E-state index in [1.165, 1.54) is 203 Å². The number of ether oxygens (including phenoxy) is 2. The summed E-state index contributed by atoms with van der Waals surface area (Å²) in [7, 11) is 0. The molecule has 0 spiro atoms. The van der Waals surface area contributed by atoms with Gasteiger partial charge in [0.2, 0.25) is 0 Å². The third kappa shape index (κ3) is 19.9. The molecule has 2 N–H and O–H groups in total. The van der Waals surface area contributed by atoms with Gasteiger partial charge in [-0.05, 0) is 25.7 Å². The maximum absolute atomic E-state index is 5.81. The van der Waals surface area contributed by atoms with Crippen LogP contribution in [0.4, 0.5) is 0 Å². The van der Waals surface area contributed by atoms with Gasteiger partial charge in [0.15, 0.2) is 0 Å². The van der Waals surface area contributed by atoms with Crippen molar-refractivity contribution in [1.82, 2.24) is 0 Å². The second-order valence-corrected chi connectivity index (χ2v) is 13.8. The maximum Gasteiger partial charge on any atom is 0.102 e. The number of nitrogens with zero attached hydrogens (tertiary/aromatic N) is 2. The Hall–Kier alpha value is -0.240. The monoisotopic (exact) mass is 601 g/mol. The predicted molar refractivity (Wildman–Crippen MR) is 178 cm³/mol. The van der Waals surface area contributed by atoms with Crippen molar-refractivity contribution in [1.29, 1.82) is 0 Å². The van der Waals surface area contributed by atoms with E-state index in [0.29, 0.717) is 0 Å². The standard InChI is InChI=1S/C36H74N2O2.2H2O/c1-3-5-7-9-11-13-15-17-19-21-25-37(29-33-39-34-30-37)27-23-24-28-38(31-35-40-36-32-38)26-22-20-18-16-14-12-10-8-6-4-2;;/h3-36H2,1-2H3;2*1H2/q+2;;/p-2. The topological polar surface area (TPSA) is 78.5 Å². The van der Waals surface area contributed by atoms with Gasteiger partial charge in [-0.15, -0.1) is 0 Å². The van der Waals surface area contributed by atoms with Crippen LogP contribution in [0.1, 0.15) is 155 Å². The van der Waals surface area contributed by atoms with Crippen LogP contribution in [0.25, 0.3) is 0 Å². The lowest BCUT2D eigenvalue weighted by atomic mass is 10.1. The minimum Gasteiger partial charge on any atom is -0.870 e. The molecule has 0 saturated carbocycles. The SMILES string of the molecule is CCCCCCCCCCCC[N+]1(CCCC[N+]2(CCCCCCCCCCCC)CCOCC2)CCOCC1.[OH-].[OH-]. The largest absolute Gasteiger partial charge is 0.870 e. The van der Waals surface area contributed by atoms with E-state index in [2.05, 4.69) is 13.8 Å². The Balaban J connectivity index is 0.00000840. The molecule has 2 heterocycles. The highest BCUT2D eigenvalue weighted by Crippen LogP contribution is 2.21. The number of unbranched alkanes of at least 4 members (excludes halogenated alkanes) is 19. The van der Waals surface area contributed by atoms with Crippen LogP contribution in [-0.2, 0) is 9.47 Å². The van der Waals surface area contributed by atoms with Gasteiger partial charge in [0, 0.05) is 12.8 Å². The summed E-state index contributed by atoms with van der Waals surface area (Å²) in [5.41, 5.74) is 0. The lowest BCUT2D eigenvalue weighted by Crippen LogP contribution is -2.57. The summed E-state index contributed by atoms with van der Waals surface area (Å²) in [5.74, 6) is 0. The van der Waals surface area contributed by atoms with Crippen molar-refractivity contribution < 1.29 is 29.4 Å². The van der Waals surface area contributed by atoms with E-state index >= 15 is 0 Å². The molecule has 0 atom stereocenters. The highest BCUT2D eigenvalue weighted by atomic mass is 16.5. The van der Waals surface area contributed by atoms with Crippen LogP contribution >= 0.6 is 0 Å². The minimum absolute atomic E-state index is 0. The van der Waals surface area contributed by atoms with Gasteiger partial charge in [-0.3, -0.25) is 0 Å². The summed E-state index contributed by atoms with van der Waals surface area (Å²) in [6, 6.07) is 0. The molecule has 6 heteroatoms. The first-order valence-corrected chi connectivity index (χ1v) is 18.6. The number of hydrogen-bond donors (Lipinski definition) is 0. The van der Waals surface area contributed by atoms with Gasteiger partial charge >= 0.3 is 0 Å². The van der Waals surface area contributed by atoms with Crippen LogP contribution in [-0.4, -0.2) is 98.7 Å². The van der Waals surface area contributed by atoms with Crippen LogP contribution in [0, 0.1) is 0 Å². The molecule has 0 amide bonds. The zero-order valence-corrected chi connectivity index (χ0v) is 28.6. The van der Waals surface area contributed by atoms with E-state index in [0.717, 1.165) is 26.4 Å². The van der Waals surface area contributed by atoms with Crippen LogP contribution in [0.3, 0.4) is 0 Å². The molecular weight excluding hydrogens is 524 g/mol. The van der Waals surface area contributed by atoms with Crippen molar-refractivity contribution in [2.45, 2.75) is 155 Å². The van der Waals surface area contributed by atoms with Crippen LogP contribution in [0.5, 0.6) is 0 Å². The van der Waals surface area contributed by atoms with E-state index in [-0.39, 0.29) is 11.0 Å². The molecule has 6 nitrogen and oxygen atoms in total. The fraction of sp³-hybridized carbons (Fsp3) is 1.00. The van der Waals surface area contributed by atoms with E-state index < -0.39 is 0 Å². The number of hydrogen-bond acceptors (Lipinski definition) is 4. The lowest BCUT2D eigenvalue weighted by Gasteiger charge is -2.43. The maximum atomic E-state index is 5.81. The van der Waals surface area contributed by atoms with E-state index in [1.54, 1.807) is 0 Å². The highest BCUT2D eigenvalue weighted by Gasteiger charge is 2.32. The van der Waals surface area contributed by atoms with Gasteiger partial charge in [-0.25, -0.2) is 0 Å². The Labute approximate surface area is 263 Å². The molecule has 0 unspecified atom stereocenters. The van der Waals surface area contributed by atoms with Crippen molar-refractivity contribution in [3.8, 4) is 0 Å². The van der Waals surface area contributed by atoms with E-state index in [1.807, 2.05) is 0 Å². The number of rotatable bonds is 27. The van der Waals surface area contributed by atoms with Crippen LogP contribution < -0.4 is 0 Å². The summed E-state index contributed by atoms with van der Waals surface area (Å²) >= 11 is 0. The normalized spacial score (nSPS) is 17.9. The molecule has 0 aromatic carbocycles. The molecule has 0 aromatic heterocycles. The molecule has 2 aliphatic rings. The Bertz CT molecular complexity index is 503. The molecule has 2 aliphatic heterocycles. The fourth-order valence-electron chi connectivity index (χ4n) is 7.34. The fourth-order valence-corrected chi connectivity index (χ4v) is 7.34. The highest BCUT2D eigenvalue weighted by molar-refractivity contribution is 4.57. The first-order chi connectivity index (χ1) is 19.7. The van der Waals surface area contributed by atoms with Crippen LogP contribution in [0.15, 0.2) is 0 Å². The second-order valence-electron chi connectivity index (χ2n) is 13.8. The molecular formula is C36H76N2O4. The molecule has 0 bridgehead atoms. The molecule has 0 aliphatic carbocycles. The van der Waals surface area contributed by atoms with E-state index in [4.69, 9.17) is 9.47 Å². The Kier molecular flexibility index (Phi) is 28.1. The number of morpholine rings is 2. The van der Waals surface area contributed by atoms with Crippen LogP contribution in [0.2, 0.25) is 0 Å². The second kappa shape index (κ2) is 28.2. The zero-order valence-electron chi connectivity index (χ0n) is 28.6. The average Bonchev–Trinajstić information content (AvgIpc) is 2.98. The average molecular weight is 601 g/mol. The van der Waals surface area contributed by atoms with Gasteiger partial charge in [0.05, 0.1) is 52.6 Å². The van der Waals surface area contributed by atoms with Crippen molar-refractivity contribution in [3.63, 3.8) is 0 Å². The summed E-state index contributed by atoms with van der Waals surface area (Å²) in [4.78, 5) is 0. The third-order valence-electron chi connectivity index (χ3n) is 10.3. The third-order valence-corrected chi connectivity index (χ3v) is 10.3. The smallest absolute Gasteiger partial charge is 0.102 e. The molecule has 254 valence electrons. The molecule has 0 radical (unpaired) electrons. The van der Waals surface area contributed by atoms with Gasteiger partial charge in [0.1, 0.15) is 26.2 Å². The van der Waals surface area contributed by atoms with Gasteiger partial charge in [0.25, 0.3) is 0 Å². The first-order valence-electron chi connectivity index (χ1n) is 18.6. The van der Waals surface area contributed by atoms with E-state index in [9.17, 15) is 0 Å². The zero-order chi connectivity index (χ0) is 28.5. The summed E-state index contributed by atoms with van der Waals surface area (Å²) in [6.07, 6.45) is 31.6. The molecule has 2 rings (SSSR count). The summed E-state index contributed by atoms with van der Waals surface area (Å²) in [5, 5.41) is 0. The Morgan fingerprint density at radius 2 is 0.548 bits per heavy atom. The van der Waals surface area contributed by atoms with Gasteiger partial charge in [-0.2, -0.15) is 0 Å². The molecule has 0 aromatic rings. The molecule has 2 saturated heterocycles. The quantitative estimate of drug-likeness (QED) is 0.0696. The number of quaternary nitrogens is 2. The molecule has 2 fully saturated rings. The molecule has 42 heavy (non-hydrogen) atoms. The Morgan fingerprint density at radius 3 is 0.810 bits per heavy atom. The van der Waals surface area contributed by atoms with Crippen molar-refractivity contribution in [3.05, 3.63) is 0 Å². The lowest BCUT2D eigenvalue weighted by molar-refractivity contribution is -0.941. The van der Waals surface area contributed by atoms with Gasteiger partial charge in [-0.1, -0.05) is 117 Å². The van der Waals surface area contributed by atoms with Gasteiger partial charge < -0.3 is 29.4 Å².